The number of nitrogens with two attached hydrogens (primary N) is 2. The number of amides is 2. The topological polar surface area (TPSA) is 105 Å². The number of allylic oxidation sites excluding steroid dienone is 1. The minimum Gasteiger partial charge on any atom is -0.401 e. The molecule has 5 N–H and O–H groups in total. The molecule has 1 aromatic carbocycles. The lowest BCUT2D eigenvalue weighted by Crippen LogP contribution is -2.48. The van der Waals surface area contributed by atoms with Gasteiger partial charge in [-0.3, -0.25) is 9.59 Å². The first-order valence-corrected chi connectivity index (χ1v) is 11.5. The maximum atomic E-state index is 12.9. The fraction of sp³-hybridized carbons (Fsp3) is 0.545. The van der Waals surface area contributed by atoms with Crippen LogP contribution in [0.3, 0.4) is 0 Å². The SMILES string of the molecule is C/C(N)=C1\CN(C=O)CCN1CC(F)(F)F.CCC(N)Cc1cc(F)c(F)cc1P.CCNC=O. The number of hydrogen-bond acceptors (Lipinski definition) is 5. The van der Waals surface area contributed by atoms with E-state index in [-0.39, 0.29) is 25.7 Å². The van der Waals surface area contributed by atoms with Crippen molar-refractivity contribution >= 4 is 27.4 Å². The minimum absolute atomic E-state index is 0.000777. The van der Waals surface area contributed by atoms with Crippen LogP contribution < -0.4 is 22.1 Å². The highest BCUT2D eigenvalue weighted by molar-refractivity contribution is 7.27. The molecule has 1 aromatic rings. The molecule has 13 heteroatoms. The van der Waals surface area contributed by atoms with Crippen molar-refractivity contribution in [1.82, 2.24) is 15.1 Å². The number of alkyl halides is 3. The summed E-state index contributed by atoms with van der Waals surface area (Å²) in [5.41, 5.74) is 12.7. The second kappa shape index (κ2) is 16.3. The van der Waals surface area contributed by atoms with Crippen LogP contribution in [0, 0.1) is 11.6 Å². The molecule has 1 aliphatic heterocycles. The number of halogens is 5. The van der Waals surface area contributed by atoms with Gasteiger partial charge in [0.2, 0.25) is 12.8 Å². The molecule has 0 aromatic heterocycles. The van der Waals surface area contributed by atoms with E-state index in [9.17, 15) is 31.5 Å². The Balaban J connectivity index is 0.000000558. The molecule has 1 heterocycles. The first-order chi connectivity index (χ1) is 16.3. The number of carbonyl (C=O) groups excluding carboxylic acids is 2. The molecule has 200 valence electrons. The van der Waals surface area contributed by atoms with Gasteiger partial charge in [-0.25, -0.2) is 8.78 Å². The second-order valence-corrected chi connectivity index (χ2v) is 8.38. The number of hydrogen-bond donors (Lipinski definition) is 3. The summed E-state index contributed by atoms with van der Waals surface area (Å²) < 4.78 is 62.5. The Morgan fingerprint density at radius 1 is 1.20 bits per heavy atom. The summed E-state index contributed by atoms with van der Waals surface area (Å²) in [6.07, 6.45) is -1.56. The molecule has 0 saturated carbocycles. The second-order valence-electron chi connectivity index (χ2n) is 7.76. The van der Waals surface area contributed by atoms with Crippen molar-refractivity contribution in [2.75, 3.05) is 32.7 Å². The lowest BCUT2D eigenvalue weighted by Gasteiger charge is -2.37. The van der Waals surface area contributed by atoms with Gasteiger partial charge in [-0.2, -0.15) is 13.2 Å². The summed E-state index contributed by atoms with van der Waals surface area (Å²) in [7, 11) is 2.39. The van der Waals surface area contributed by atoms with E-state index in [1.54, 1.807) is 0 Å². The summed E-state index contributed by atoms with van der Waals surface area (Å²) in [6, 6.07) is 2.39. The van der Waals surface area contributed by atoms with Gasteiger partial charge in [0, 0.05) is 31.4 Å². The van der Waals surface area contributed by atoms with E-state index in [0.717, 1.165) is 18.5 Å². The molecule has 2 amide bonds. The highest BCUT2D eigenvalue weighted by Crippen LogP contribution is 2.22. The predicted octanol–water partition coefficient (Wildman–Crippen LogP) is 2.01. The molecule has 0 aliphatic carbocycles. The molecule has 0 spiro atoms. The minimum atomic E-state index is -4.26. The quantitative estimate of drug-likeness (QED) is 0.286. The third-order valence-electron chi connectivity index (χ3n) is 4.84. The predicted molar refractivity (Wildman–Crippen MR) is 130 cm³/mol. The molecule has 2 rings (SSSR count). The molecule has 1 saturated heterocycles. The molecular formula is C22H35F5N5O2P. The van der Waals surface area contributed by atoms with Crippen LogP contribution in [0.15, 0.2) is 23.5 Å². The molecule has 0 radical (unpaired) electrons. The third kappa shape index (κ3) is 13.3. The normalized spacial score (nSPS) is 15.7. The fourth-order valence-electron chi connectivity index (χ4n) is 2.90. The van der Waals surface area contributed by atoms with Gasteiger partial charge >= 0.3 is 6.18 Å². The van der Waals surface area contributed by atoms with Crippen molar-refractivity contribution in [1.29, 1.82) is 0 Å². The third-order valence-corrected chi connectivity index (χ3v) is 5.38. The highest BCUT2D eigenvalue weighted by atomic mass is 31.0. The van der Waals surface area contributed by atoms with Crippen molar-refractivity contribution in [3.63, 3.8) is 0 Å². The average Bonchev–Trinajstić information content (AvgIpc) is 2.78. The van der Waals surface area contributed by atoms with Gasteiger partial charge in [0.15, 0.2) is 11.6 Å². The van der Waals surface area contributed by atoms with E-state index < -0.39 is 24.4 Å². The number of nitrogens with zero attached hydrogens (tertiary/aromatic N) is 2. The number of nitrogens with one attached hydrogen (secondary N) is 1. The molecule has 2 unspecified atom stereocenters. The number of rotatable bonds is 7. The molecule has 1 fully saturated rings. The molecule has 2 atom stereocenters. The monoisotopic (exact) mass is 527 g/mol. The Morgan fingerprint density at radius 3 is 2.23 bits per heavy atom. The van der Waals surface area contributed by atoms with Gasteiger partial charge in [0.1, 0.15) is 6.54 Å². The molecule has 0 bridgehead atoms. The van der Waals surface area contributed by atoms with Crippen molar-refractivity contribution < 1.29 is 31.5 Å². The van der Waals surface area contributed by atoms with Crippen LogP contribution in [-0.4, -0.2) is 67.6 Å². The van der Waals surface area contributed by atoms with Gasteiger partial charge in [-0.1, -0.05) is 6.92 Å². The van der Waals surface area contributed by atoms with Crippen LogP contribution in [0.2, 0.25) is 0 Å². The van der Waals surface area contributed by atoms with E-state index in [2.05, 4.69) is 14.6 Å². The highest BCUT2D eigenvalue weighted by Gasteiger charge is 2.34. The van der Waals surface area contributed by atoms with E-state index in [1.165, 1.54) is 28.9 Å². The zero-order valence-electron chi connectivity index (χ0n) is 20.2. The number of benzene rings is 1. The zero-order valence-corrected chi connectivity index (χ0v) is 21.3. The van der Waals surface area contributed by atoms with Crippen molar-refractivity contribution in [2.45, 2.75) is 45.8 Å². The van der Waals surface area contributed by atoms with E-state index in [4.69, 9.17) is 11.5 Å². The summed E-state index contributed by atoms with van der Waals surface area (Å²) in [5.74, 6) is -1.63. The van der Waals surface area contributed by atoms with Crippen LogP contribution in [0.1, 0.15) is 32.8 Å². The smallest absolute Gasteiger partial charge is 0.401 e. The Morgan fingerprint density at radius 2 is 1.80 bits per heavy atom. The van der Waals surface area contributed by atoms with Crippen LogP contribution in [0.25, 0.3) is 0 Å². The van der Waals surface area contributed by atoms with E-state index >= 15 is 0 Å². The molecule has 1 aliphatic rings. The van der Waals surface area contributed by atoms with Crippen LogP contribution >= 0.6 is 9.24 Å². The maximum Gasteiger partial charge on any atom is 0.405 e. The van der Waals surface area contributed by atoms with Gasteiger partial charge in [-0.15, -0.1) is 9.24 Å². The van der Waals surface area contributed by atoms with Crippen LogP contribution in [0.5, 0.6) is 0 Å². The van der Waals surface area contributed by atoms with Crippen molar-refractivity contribution in [3.8, 4) is 0 Å². The van der Waals surface area contributed by atoms with E-state index in [0.29, 0.717) is 35.9 Å². The number of piperazine rings is 1. The van der Waals surface area contributed by atoms with Crippen LogP contribution in [0.4, 0.5) is 22.0 Å². The standard InChI is InChI=1S/C10H14F2NP.C9H14F3N3O.C3H7NO/c1-2-7(13)3-6-4-8(11)9(12)5-10(6)14;1-7(13)8-4-14(6-16)2-3-15(8)5-9(10,11)12;1-2-4-3-5/h4-5,7H,2-3,13-14H2,1H3;6H,2-5,13H2,1H3;3H,2H2,1H3,(H,4,5)/b;8-7-;. The Hall–Kier alpha value is -2.46. The Labute approximate surface area is 205 Å². The van der Waals surface area contributed by atoms with E-state index in [1.807, 2.05) is 13.8 Å². The van der Waals surface area contributed by atoms with Gasteiger partial charge in [0.05, 0.1) is 12.2 Å². The summed E-state index contributed by atoms with van der Waals surface area (Å²) in [5, 5.41) is 3.10. The van der Waals surface area contributed by atoms with Crippen LogP contribution in [-0.2, 0) is 16.0 Å². The average molecular weight is 528 g/mol. The molecular weight excluding hydrogens is 492 g/mol. The van der Waals surface area contributed by atoms with Gasteiger partial charge in [0.25, 0.3) is 0 Å². The lowest BCUT2D eigenvalue weighted by molar-refractivity contribution is -0.145. The van der Waals surface area contributed by atoms with Crippen molar-refractivity contribution in [2.24, 2.45) is 11.5 Å². The first kappa shape index (κ1) is 32.5. The number of carbonyl (C=O) groups is 2. The summed E-state index contributed by atoms with van der Waals surface area (Å²) >= 11 is 0. The molecule has 35 heavy (non-hydrogen) atoms. The Bertz CT molecular complexity index is 835. The fourth-order valence-corrected chi connectivity index (χ4v) is 3.25. The van der Waals surface area contributed by atoms with Crippen molar-refractivity contribution in [3.05, 3.63) is 40.7 Å². The van der Waals surface area contributed by atoms with Gasteiger partial charge < -0.3 is 26.6 Å². The summed E-state index contributed by atoms with van der Waals surface area (Å²) in [6.45, 7) is 5.65. The summed E-state index contributed by atoms with van der Waals surface area (Å²) in [4.78, 5) is 22.4. The molecule has 7 nitrogen and oxygen atoms in total. The first-order valence-electron chi connectivity index (χ1n) is 10.9. The largest absolute Gasteiger partial charge is 0.405 e. The zero-order chi connectivity index (χ0) is 27.2. The maximum absolute atomic E-state index is 12.9. The van der Waals surface area contributed by atoms with Gasteiger partial charge in [-0.05, 0) is 49.7 Å². The Kier molecular flexibility index (Phi) is 15.1. The lowest BCUT2D eigenvalue weighted by atomic mass is 10.0.